The fourth-order valence-corrected chi connectivity index (χ4v) is 4.80. The van der Waals surface area contributed by atoms with E-state index in [0.29, 0.717) is 32.8 Å². The average molecular weight is 472 g/mol. The predicted octanol–water partition coefficient (Wildman–Crippen LogP) is 2.57. The van der Waals surface area contributed by atoms with Gasteiger partial charge in [-0.05, 0) is 49.3 Å². The number of aliphatic hydroxyl groups is 1. The minimum absolute atomic E-state index is 0.132. The van der Waals surface area contributed by atoms with Crippen LogP contribution < -0.4 is 11.3 Å². The number of fused-ring (bicyclic) bond motifs is 2. The van der Waals surface area contributed by atoms with Gasteiger partial charge in [0.05, 0.1) is 16.5 Å². The lowest BCUT2D eigenvalue weighted by Crippen LogP contribution is -2.26. The third-order valence-electron chi connectivity index (χ3n) is 5.47. The Labute approximate surface area is 198 Å². The second-order valence-electron chi connectivity index (χ2n) is 7.96. The van der Waals surface area contributed by atoms with Gasteiger partial charge in [0.1, 0.15) is 41.1 Å². The molecule has 5 rings (SSSR count). The zero-order chi connectivity index (χ0) is 24.0. The summed E-state index contributed by atoms with van der Waals surface area (Å²) < 4.78 is 3.25. The van der Waals surface area contributed by atoms with Crippen molar-refractivity contribution >= 4 is 38.4 Å². The first kappa shape index (κ1) is 21.8. The lowest BCUT2D eigenvalue weighted by atomic mass is 10.2. The van der Waals surface area contributed by atoms with Crippen molar-refractivity contribution in [1.82, 2.24) is 29.3 Å². The number of hydrogen-bond donors (Lipinski definition) is 2. The van der Waals surface area contributed by atoms with Crippen LogP contribution in [0.3, 0.4) is 0 Å². The number of para-hydroxylation sites is 1. The Kier molecular flexibility index (Phi) is 5.36. The van der Waals surface area contributed by atoms with E-state index in [9.17, 15) is 9.90 Å². The first-order valence-corrected chi connectivity index (χ1v) is 11.5. The van der Waals surface area contributed by atoms with Crippen molar-refractivity contribution in [3.05, 3.63) is 69.0 Å². The molecule has 0 aliphatic carbocycles. The Morgan fingerprint density at radius 1 is 1.18 bits per heavy atom. The van der Waals surface area contributed by atoms with Gasteiger partial charge in [0.25, 0.3) is 5.56 Å². The van der Waals surface area contributed by atoms with Gasteiger partial charge in [-0.3, -0.25) is 9.36 Å². The molecule has 0 aliphatic rings. The monoisotopic (exact) mass is 471 g/mol. The Balaban J connectivity index is 1.77. The predicted molar refractivity (Wildman–Crippen MR) is 132 cm³/mol. The second-order valence-corrected chi connectivity index (χ2v) is 8.82. The Morgan fingerprint density at radius 3 is 2.74 bits per heavy atom. The number of thiophene rings is 1. The van der Waals surface area contributed by atoms with Gasteiger partial charge in [0.2, 0.25) is 0 Å². The fraction of sp³-hybridized carbons (Fsp3) is 0.208. The molecule has 4 aromatic heterocycles. The maximum Gasteiger partial charge on any atom is 0.267 e. The molecule has 9 nitrogen and oxygen atoms in total. The Hall–Kier alpha value is -4.07. The number of rotatable bonds is 3. The smallest absolute Gasteiger partial charge is 0.267 e. The van der Waals surface area contributed by atoms with E-state index in [1.54, 1.807) is 16.2 Å². The van der Waals surface area contributed by atoms with Crippen LogP contribution in [0.15, 0.2) is 40.8 Å². The van der Waals surface area contributed by atoms with Crippen molar-refractivity contribution in [2.45, 2.75) is 33.4 Å². The lowest BCUT2D eigenvalue weighted by Gasteiger charge is -2.15. The summed E-state index contributed by atoms with van der Waals surface area (Å²) in [5, 5.41) is 17.2. The number of nitrogen functional groups attached to an aromatic ring is 1. The van der Waals surface area contributed by atoms with Crippen LogP contribution in [0.4, 0.5) is 5.82 Å². The van der Waals surface area contributed by atoms with E-state index in [4.69, 9.17) is 10.7 Å². The van der Waals surface area contributed by atoms with Crippen LogP contribution in [-0.4, -0.2) is 40.5 Å². The molecule has 34 heavy (non-hydrogen) atoms. The highest BCUT2D eigenvalue weighted by atomic mass is 32.1. The summed E-state index contributed by atoms with van der Waals surface area (Å²) in [6.07, 6.45) is 0.526. The molecular weight excluding hydrogens is 450 g/mol. The van der Waals surface area contributed by atoms with Crippen LogP contribution in [0.1, 0.15) is 29.6 Å². The van der Waals surface area contributed by atoms with E-state index in [1.807, 2.05) is 43.5 Å². The van der Waals surface area contributed by atoms with E-state index in [0.717, 1.165) is 16.8 Å². The third-order valence-corrected chi connectivity index (χ3v) is 6.46. The topological polar surface area (TPSA) is 125 Å². The number of aromatic nitrogens is 6. The molecule has 0 radical (unpaired) electrons. The number of hydrogen-bond acceptors (Lipinski definition) is 8. The van der Waals surface area contributed by atoms with E-state index in [2.05, 4.69) is 26.9 Å². The molecule has 3 N–H and O–H groups in total. The number of anilines is 1. The van der Waals surface area contributed by atoms with Crippen LogP contribution in [-0.2, 0) is 6.54 Å². The van der Waals surface area contributed by atoms with Crippen LogP contribution >= 0.6 is 11.3 Å². The highest BCUT2D eigenvalue weighted by Crippen LogP contribution is 2.25. The third kappa shape index (κ3) is 3.61. The number of nitrogens with zero attached hydrogens (tertiary/aromatic N) is 6. The molecule has 0 bridgehead atoms. The van der Waals surface area contributed by atoms with Gasteiger partial charge in [-0.25, -0.2) is 19.6 Å². The summed E-state index contributed by atoms with van der Waals surface area (Å²) in [6.45, 7) is 5.59. The van der Waals surface area contributed by atoms with Crippen LogP contribution in [0.5, 0.6) is 0 Å². The van der Waals surface area contributed by atoms with Gasteiger partial charge < -0.3 is 10.8 Å². The van der Waals surface area contributed by atoms with Gasteiger partial charge in [0.15, 0.2) is 5.65 Å². The molecule has 0 saturated carbocycles. The molecule has 0 aliphatic heterocycles. The molecule has 0 spiro atoms. The molecule has 10 heteroatoms. The van der Waals surface area contributed by atoms with E-state index < -0.39 is 6.10 Å². The van der Waals surface area contributed by atoms with Crippen molar-refractivity contribution in [3.63, 3.8) is 0 Å². The van der Waals surface area contributed by atoms with Gasteiger partial charge in [0, 0.05) is 0 Å². The van der Waals surface area contributed by atoms with Crippen molar-refractivity contribution < 1.29 is 5.11 Å². The Morgan fingerprint density at radius 2 is 1.97 bits per heavy atom. The normalized spacial score (nSPS) is 12.1. The summed E-state index contributed by atoms with van der Waals surface area (Å²) in [7, 11) is 0. The first-order valence-electron chi connectivity index (χ1n) is 10.6. The largest absolute Gasteiger partial charge is 0.383 e. The number of aryl methyl sites for hydroxylation is 2. The summed E-state index contributed by atoms with van der Waals surface area (Å²) in [6, 6.07) is 7.68. The summed E-state index contributed by atoms with van der Waals surface area (Å²) in [5.41, 5.74) is 9.39. The van der Waals surface area contributed by atoms with E-state index in [-0.39, 0.29) is 17.9 Å². The van der Waals surface area contributed by atoms with E-state index in [1.165, 1.54) is 17.7 Å². The maximum absolute atomic E-state index is 13.7. The lowest BCUT2D eigenvalue weighted by molar-refractivity contribution is 0.253. The maximum atomic E-state index is 13.7. The number of benzene rings is 1. The van der Waals surface area contributed by atoms with Gasteiger partial charge in [-0.1, -0.05) is 24.1 Å². The molecule has 4 heterocycles. The second kappa shape index (κ2) is 8.37. The molecule has 1 aromatic carbocycles. The minimum Gasteiger partial charge on any atom is -0.383 e. The fourth-order valence-electron chi connectivity index (χ4n) is 3.87. The zero-order valence-corrected chi connectivity index (χ0v) is 19.6. The van der Waals surface area contributed by atoms with Gasteiger partial charge in [-0.15, -0.1) is 11.3 Å². The van der Waals surface area contributed by atoms with Crippen molar-refractivity contribution in [2.24, 2.45) is 0 Å². The Bertz CT molecular complexity index is 1690. The quantitative estimate of drug-likeness (QED) is 0.388. The summed E-state index contributed by atoms with van der Waals surface area (Å²) >= 11 is 1.43. The van der Waals surface area contributed by atoms with Gasteiger partial charge in [-0.2, -0.15) is 5.10 Å². The van der Waals surface area contributed by atoms with Gasteiger partial charge >= 0.3 is 0 Å². The molecule has 0 unspecified atom stereocenters. The van der Waals surface area contributed by atoms with Crippen LogP contribution in [0.25, 0.3) is 26.9 Å². The molecule has 0 fully saturated rings. The standard InChI is InChI=1S/C24H21N7O2S/c1-13-6-4-5-7-17(13)31-18(28-23-19(24(31)33)14(2)11-34-23)10-30-22-20(21(25)26-12-27-22)16(29-30)9-8-15(3)32/h4-7,11-12,15,32H,10H2,1-3H3,(H2,25,26,27)/t15-/m1/s1. The average Bonchev–Trinajstić information content (AvgIpc) is 3.35. The van der Waals surface area contributed by atoms with Crippen LogP contribution in [0.2, 0.25) is 0 Å². The minimum atomic E-state index is -0.830. The van der Waals surface area contributed by atoms with Crippen LogP contribution in [0, 0.1) is 25.7 Å². The molecule has 5 aromatic rings. The highest BCUT2D eigenvalue weighted by Gasteiger charge is 2.20. The number of aliphatic hydroxyl groups excluding tert-OH is 1. The zero-order valence-electron chi connectivity index (χ0n) is 18.8. The van der Waals surface area contributed by atoms with Crippen molar-refractivity contribution in [1.29, 1.82) is 0 Å². The first-order chi connectivity index (χ1) is 16.3. The van der Waals surface area contributed by atoms with E-state index >= 15 is 0 Å². The van der Waals surface area contributed by atoms with Crippen molar-refractivity contribution in [2.75, 3.05) is 5.73 Å². The SMILES string of the molecule is Cc1ccccc1-n1c(Cn2nc(C#C[C@@H](C)O)c3c(N)ncnc32)nc2scc(C)c2c1=O. The molecule has 170 valence electrons. The summed E-state index contributed by atoms with van der Waals surface area (Å²) in [4.78, 5) is 27.6. The molecule has 0 amide bonds. The molecular formula is C24H21N7O2S. The number of nitrogens with two attached hydrogens (primary N) is 1. The highest BCUT2D eigenvalue weighted by molar-refractivity contribution is 7.16. The van der Waals surface area contributed by atoms with Crippen molar-refractivity contribution in [3.8, 4) is 17.5 Å². The summed E-state index contributed by atoms with van der Waals surface area (Å²) in [5.74, 6) is 6.28. The molecule has 1 atom stereocenters. The molecule has 0 saturated heterocycles.